The molecule has 7 nitrogen and oxygen atoms in total. The molecule has 0 unspecified atom stereocenters. The summed E-state index contributed by atoms with van der Waals surface area (Å²) in [7, 11) is -2.29. The van der Waals surface area contributed by atoms with Crippen LogP contribution in [0.15, 0.2) is 105 Å². The highest BCUT2D eigenvalue weighted by molar-refractivity contribution is 7.98. The molecule has 0 N–H and O–H groups in total. The molecule has 0 aliphatic rings. The highest BCUT2D eigenvalue weighted by atomic mass is 32.2. The largest absolute Gasteiger partial charge is 0.467 e. The molecule has 1 amide bonds. The first-order valence-electron chi connectivity index (χ1n) is 11.3. The second kappa shape index (κ2) is 10.4. The zero-order chi connectivity index (χ0) is 26.0. The number of sulfonamides is 1. The van der Waals surface area contributed by atoms with Gasteiger partial charge in [-0.15, -0.1) is 11.8 Å². The molecule has 2 heterocycles. The first-order valence-corrected chi connectivity index (χ1v) is 14.8. The number of amides is 1. The highest BCUT2D eigenvalue weighted by Crippen LogP contribution is 2.33. The predicted octanol–water partition coefficient (Wildman–Crippen LogP) is 6.28. The number of hydrogen-bond acceptors (Lipinski definition) is 7. The van der Waals surface area contributed by atoms with Crippen molar-refractivity contribution in [1.82, 2.24) is 4.98 Å². The molecule has 188 valence electrons. The summed E-state index contributed by atoms with van der Waals surface area (Å²) >= 11 is 3.07. The lowest BCUT2D eigenvalue weighted by Crippen LogP contribution is -2.30. The van der Waals surface area contributed by atoms with E-state index in [1.807, 2.05) is 24.5 Å². The van der Waals surface area contributed by atoms with E-state index in [0.29, 0.717) is 22.1 Å². The van der Waals surface area contributed by atoms with Gasteiger partial charge in [-0.25, -0.2) is 13.4 Å². The standard InChI is InChI=1S/C27H23N3O4S3/c1-29(20-7-4-3-5-8-20)37(32,33)23-13-10-19(11-14-23)26(31)30(18-21-9-6-16-34-21)27-28-24-15-12-22(35-2)17-25(24)36-27/h3-17H,18H2,1-2H3. The number of rotatable bonds is 8. The molecule has 2 aromatic heterocycles. The Labute approximate surface area is 223 Å². The molecule has 10 heteroatoms. The normalized spacial score (nSPS) is 11.5. The fourth-order valence-electron chi connectivity index (χ4n) is 3.78. The lowest BCUT2D eigenvalue weighted by molar-refractivity contribution is 0.0983. The number of nitrogens with zero attached hydrogens (tertiary/aromatic N) is 3. The molecule has 0 spiro atoms. The van der Waals surface area contributed by atoms with Crippen molar-refractivity contribution >= 4 is 60.1 Å². The summed E-state index contributed by atoms with van der Waals surface area (Å²) in [5, 5.41) is 0.537. The number of carbonyl (C=O) groups excluding carboxylic acids is 1. The maximum absolute atomic E-state index is 13.7. The smallest absolute Gasteiger partial charge is 0.264 e. The van der Waals surface area contributed by atoms with Gasteiger partial charge in [-0.3, -0.25) is 14.0 Å². The lowest BCUT2D eigenvalue weighted by atomic mass is 10.2. The van der Waals surface area contributed by atoms with Gasteiger partial charge < -0.3 is 4.42 Å². The van der Waals surface area contributed by atoms with E-state index < -0.39 is 10.0 Å². The summed E-state index contributed by atoms with van der Waals surface area (Å²) in [5.74, 6) is 0.307. The van der Waals surface area contributed by atoms with Gasteiger partial charge in [0.25, 0.3) is 15.9 Å². The van der Waals surface area contributed by atoms with E-state index in [0.717, 1.165) is 15.1 Å². The summed E-state index contributed by atoms with van der Waals surface area (Å²) in [5.41, 5.74) is 1.70. The Morgan fingerprint density at radius 2 is 1.76 bits per heavy atom. The van der Waals surface area contributed by atoms with E-state index >= 15 is 0 Å². The number of thioether (sulfide) groups is 1. The average molecular weight is 550 g/mol. The predicted molar refractivity (Wildman–Crippen MR) is 149 cm³/mol. The van der Waals surface area contributed by atoms with Gasteiger partial charge in [-0.2, -0.15) is 0 Å². The molecule has 0 aliphatic carbocycles. The van der Waals surface area contributed by atoms with Crippen LogP contribution < -0.4 is 9.21 Å². The van der Waals surface area contributed by atoms with Gasteiger partial charge in [0.15, 0.2) is 5.13 Å². The Kier molecular flexibility index (Phi) is 7.05. The number of carbonyl (C=O) groups is 1. The number of aromatic nitrogens is 1. The quantitative estimate of drug-likeness (QED) is 0.212. The molecule has 0 radical (unpaired) electrons. The van der Waals surface area contributed by atoms with Crippen LogP contribution >= 0.6 is 23.1 Å². The minimum absolute atomic E-state index is 0.0950. The SMILES string of the molecule is CSc1ccc2nc(N(Cc3ccco3)C(=O)c3ccc(S(=O)(=O)N(C)c4ccccc4)cc3)sc2c1. The summed E-state index contributed by atoms with van der Waals surface area (Å²) < 4.78 is 34.0. The van der Waals surface area contributed by atoms with Gasteiger partial charge in [-0.05, 0) is 73.0 Å². The summed E-state index contributed by atoms with van der Waals surface area (Å²) in [4.78, 5) is 21.1. The number of fused-ring (bicyclic) bond motifs is 1. The van der Waals surface area contributed by atoms with Gasteiger partial charge in [0.05, 0.1) is 33.6 Å². The van der Waals surface area contributed by atoms with Crippen molar-refractivity contribution in [2.75, 3.05) is 22.5 Å². The number of furan rings is 1. The molecule has 0 bridgehead atoms. The number of hydrogen-bond donors (Lipinski definition) is 0. The zero-order valence-corrected chi connectivity index (χ0v) is 22.5. The van der Waals surface area contributed by atoms with Crippen LogP contribution in [0.5, 0.6) is 0 Å². The highest BCUT2D eigenvalue weighted by Gasteiger charge is 2.25. The number of thiazole rings is 1. The van der Waals surface area contributed by atoms with E-state index in [-0.39, 0.29) is 17.3 Å². The van der Waals surface area contributed by atoms with Crippen LogP contribution in [0, 0.1) is 0 Å². The second-order valence-electron chi connectivity index (χ2n) is 8.13. The Morgan fingerprint density at radius 1 is 1.00 bits per heavy atom. The third-order valence-electron chi connectivity index (χ3n) is 5.83. The number of benzene rings is 3. The van der Waals surface area contributed by atoms with Crippen LogP contribution in [-0.4, -0.2) is 32.6 Å². The average Bonchev–Trinajstić information content (AvgIpc) is 3.60. The first-order chi connectivity index (χ1) is 17.9. The Bertz CT molecular complexity index is 1630. The Balaban J connectivity index is 1.46. The van der Waals surface area contributed by atoms with Crippen LogP contribution in [0.4, 0.5) is 10.8 Å². The first kappa shape index (κ1) is 25.1. The van der Waals surface area contributed by atoms with Crippen LogP contribution in [0.3, 0.4) is 0 Å². The van der Waals surface area contributed by atoms with Crippen LogP contribution in [0.1, 0.15) is 16.1 Å². The molecular weight excluding hydrogens is 527 g/mol. The summed E-state index contributed by atoms with van der Waals surface area (Å²) in [6, 6.07) is 24.4. The zero-order valence-electron chi connectivity index (χ0n) is 20.1. The third-order valence-corrected chi connectivity index (χ3v) is 9.40. The fraction of sp³-hybridized carbons (Fsp3) is 0.111. The third kappa shape index (κ3) is 5.13. The molecule has 0 saturated heterocycles. The second-order valence-corrected chi connectivity index (χ2v) is 12.0. The summed E-state index contributed by atoms with van der Waals surface area (Å²) in [6.07, 6.45) is 3.57. The van der Waals surface area contributed by atoms with Crippen LogP contribution in [-0.2, 0) is 16.6 Å². The van der Waals surface area contributed by atoms with E-state index in [2.05, 4.69) is 6.07 Å². The molecule has 0 fully saturated rings. The maximum atomic E-state index is 13.7. The van der Waals surface area contributed by atoms with Crippen molar-refractivity contribution in [2.45, 2.75) is 16.3 Å². The molecule has 5 aromatic rings. The monoisotopic (exact) mass is 549 g/mol. The van der Waals surface area contributed by atoms with E-state index in [1.54, 1.807) is 59.3 Å². The van der Waals surface area contributed by atoms with Crippen molar-refractivity contribution in [1.29, 1.82) is 0 Å². The van der Waals surface area contributed by atoms with Crippen molar-refractivity contribution in [3.63, 3.8) is 0 Å². The minimum atomic E-state index is -3.79. The van der Waals surface area contributed by atoms with Crippen LogP contribution in [0.25, 0.3) is 10.2 Å². The summed E-state index contributed by atoms with van der Waals surface area (Å²) in [6.45, 7) is 0.192. The van der Waals surface area contributed by atoms with E-state index in [1.165, 1.54) is 47.0 Å². The van der Waals surface area contributed by atoms with Gasteiger partial charge >= 0.3 is 0 Å². The molecule has 0 saturated carbocycles. The van der Waals surface area contributed by atoms with Crippen LogP contribution in [0.2, 0.25) is 0 Å². The van der Waals surface area contributed by atoms with E-state index in [4.69, 9.17) is 9.40 Å². The maximum Gasteiger partial charge on any atom is 0.264 e. The lowest BCUT2D eigenvalue weighted by Gasteiger charge is -2.21. The van der Waals surface area contributed by atoms with Gasteiger partial charge in [0.1, 0.15) is 5.76 Å². The number of para-hydroxylation sites is 1. The molecule has 0 aliphatic heterocycles. The van der Waals surface area contributed by atoms with Crippen molar-refractivity contribution in [3.8, 4) is 0 Å². The molecule has 0 atom stereocenters. The minimum Gasteiger partial charge on any atom is -0.467 e. The van der Waals surface area contributed by atoms with Gasteiger partial charge in [0, 0.05) is 17.5 Å². The van der Waals surface area contributed by atoms with Crippen molar-refractivity contribution in [3.05, 3.63) is 103 Å². The molecule has 5 rings (SSSR count). The number of anilines is 2. The Morgan fingerprint density at radius 3 is 2.43 bits per heavy atom. The fourth-order valence-corrected chi connectivity index (χ4v) is 6.49. The van der Waals surface area contributed by atoms with Crippen molar-refractivity contribution in [2.24, 2.45) is 0 Å². The Hall–Kier alpha value is -3.60. The topological polar surface area (TPSA) is 83.7 Å². The van der Waals surface area contributed by atoms with Gasteiger partial charge in [0.2, 0.25) is 0 Å². The molecule has 3 aromatic carbocycles. The van der Waals surface area contributed by atoms with Crippen molar-refractivity contribution < 1.29 is 17.6 Å². The van der Waals surface area contributed by atoms with Gasteiger partial charge in [-0.1, -0.05) is 29.5 Å². The molecular formula is C27H23N3O4S3. The molecule has 37 heavy (non-hydrogen) atoms. The van der Waals surface area contributed by atoms with E-state index in [9.17, 15) is 13.2 Å².